The highest BCUT2D eigenvalue weighted by Gasteiger charge is 2.35. The number of nitro benzene ring substituents is 1. The van der Waals surface area contributed by atoms with Crippen molar-refractivity contribution < 1.29 is 14.1 Å². The first-order valence-corrected chi connectivity index (χ1v) is 8.44. The molecular formula is C14H11Cl3N4O4S. The quantitative estimate of drug-likeness (QED) is 0.215. The van der Waals surface area contributed by atoms with Crippen molar-refractivity contribution in [1.29, 1.82) is 0 Å². The molecular weight excluding hydrogens is 427 g/mol. The molecule has 0 aliphatic heterocycles. The second-order valence-electron chi connectivity index (χ2n) is 4.83. The molecule has 2 rings (SSSR count). The van der Waals surface area contributed by atoms with Gasteiger partial charge >= 0.3 is 0 Å². The lowest BCUT2D eigenvalue weighted by molar-refractivity contribution is -0.384. The van der Waals surface area contributed by atoms with E-state index in [4.69, 9.17) is 51.4 Å². The number of hydrogen-bond donors (Lipinski definition) is 3. The molecule has 2 aromatic rings. The number of alkyl halides is 3. The Morgan fingerprint density at radius 2 is 1.85 bits per heavy atom. The van der Waals surface area contributed by atoms with Crippen LogP contribution in [0.4, 0.5) is 11.4 Å². The number of carbonyl (C=O) groups is 1. The average molecular weight is 438 g/mol. The average Bonchev–Trinajstić information content (AvgIpc) is 3.08. The minimum absolute atomic E-state index is 0.0231. The molecule has 3 N–H and O–H groups in total. The Morgan fingerprint density at radius 3 is 2.35 bits per heavy atom. The molecule has 0 radical (unpaired) electrons. The number of furan rings is 1. The molecule has 0 saturated heterocycles. The van der Waals surface area contributed by atoms with Gasteiger partial charge in [0, 0.05) is 17.8 Å². The molecule has 26 heavy (non-hydrogen) atoms. The Balaban J connectivity index is 2.02. The Kier molecular flexibility index (Phi) is 6.65. The predicted octanol–water partition coefficient (Wildman–Crippen LogP) is 3.60. The monoisotopic (exact) mass is 436 g/mol. The third kappa shape index (κ3) is 5.73. The maximum absolute atomic E-state index is 12.1. The Hall–Kier alpha value is -2.07. The van der Waals surface area contributed by atoms with Crippen LogP contribution >= 0.6 is 47.0 Å². The van der Waals surface area contributed by atoms with Crippen LogP contribution in [-0.2, 0) is 0 Å². The van der Waals surface area contributed by atoms with Gasteiger partial charge in [-0.25, -0.2) is 0 Å². The van der Waals surface area contributed by atoms with Crippen molar-refractivity contribution in [3.63, 3.8) is 0 Å². The van der Waals surface area contributed by atoms with Gasteiger partial charge in [0.15, 0.2) is 10.9 Å². The molecule has 1 amide bonds. The van der Waals surface area contributed by atoms with Crippen LogP contribution in [0.25, 0.3) is 0 Å². The summed E-state index contributed by atoms with van der Waals surface area (Å²) in [6.07, 6.45) is 0.149. The lowest BCUT2D eigenvalue weighted by Gasteiger charge is -2.27. The van der Waals surface area contributed by atoms with E-state index in [0.29, 0.717) is 5.69 Å². The third-order valence-corrected chi connectivity index (χ3v) is 3.83. The van der Waals surface area contributed by atoms with Crippen molar-refractivity contribution >= 4 is 69.4 Å². The minimum atomic E-state index is -1.93. The minimum Gasteiger partial charge on any atom is -0.459 e. The fourth-order valence-electron chi connectivity index (χ4n) is 1.77. The van der Waals surface area contributed by atoms with Crippen LogP contribution in [0.2, 0.25) is 0 Å². The van der Waals surface area contributed by atoms with Crippen molar-refractivity contribution in [2.45, 2.75) is 9.96 Å². The summed E-state index contributed by atoms with van der Waals surface area (Å²) in [5.41, 5.74) is 0.396. The topological polar surface area (TPSA) is 109 Å². The molecule has 0 unspecified atom stereocenters. The second-order valence-corrected chi connectivity index (χ2v) is 7.61. The summed E-state index contributed by atoms with van der Waals surface area (Å²) in [7, 11) is 0. The van der Waals surface area contributed by atoms with Gasteiger partial charge in [0.2, 0.25) is 3.79 Å². The number of benzene rings is 1. The molecule has 1 aromatic heterocycles. The molecule has 0 aliphatic carbocycles. The lowest BCUT2D eigenvalue weighted by Crippen LogP contribution is -2.56. The van der Waals surface area contributed by atoms with Gasteiger partial charge in [-0.3, -0.25) is 14.9 Å². The van der Waals surface area contributed by atoms with Gasteiger partial charge in [0.1, 0.15) is 6.17 Å². The van der Waals surface area contributed by atoms with E-state index in [1.165, 1.54) is 42.7 Å². The van der Waals surface area contributed by atoms with E-state index >= 15 is 0 Å². The van der Waals surface area contributed by atoms with Crippen LogP contribution < -0.4 is 16.0 Å². The first kappa shape index (κ1) is 20.2. The Bertz CT molecular complexity index is 794. The van der Waals surface area contributed by atoms with Crippen molar-refractivity contribution in [3.8, 4) is 0 Å². The second kappa shape index (κ2) is 8.54. The van der Waals surface area contributed by atoms with Crippen molar-refractivity contribution in [2.75, 3.05) is 5.32 Å². The number of thiocarbonyl (C=S) groups is 1. The number of hydrogen-bond acceptors (Lipinski definition) is 5. The number of anilines is 1. The van der Waals surface area contributed by atoms with E-state index in [1.54, 1.807) is 0 Å². The molecule has 0 spiro atoms. The normalized spacial score (nSPS) is 12.1. The zero-order valence-electron chi connectivity index (χ0n) is 12.7. The molecule has 12 heteroatoms. The first-order chi connectivity index (χ1) is 12.2. The van der Waals surface area contributed by atoms with Crippen molar-refractivity contribution in [1.82, 2.24) is 10.6 Å². The van der Waals surface area contributed by atoms with Crippen LogP contribution in [0, 0.1) is 10.1 Å². The lowest BCUT2D eigenvalue weighted by atomic mass is 10.3. The molecule has 0 bridgehead atoms. The highest BCUT2D eigenvalue weighted by molar-refractivity contribution is 7.80. The smallest absolute Gasteiger partial charge is 0.288 e. The number of halogens is 3. The van der Waals surface area contributed by atoms with E-state index in [0.717, 1.165) is 0 Å². The van der Waals surface area contributed by atoms with Crippen LogP contribution in [0.15, 0.2) is 47.1 Å². The fourth-order valence-corrected chi connectivity index (χ4v) is 2.34. The zero-order valence-corrected chi connectivity index (χ0v) is 15.8. The first-order valence-electron chi connectivity index (χ1n) is 6.90. The van der Waals surface area contributed by atoms with Gasteiger partial charge < -0.3 is 20.4 Å². The standard InChI is InChI=1S/C14H11Cl3N4O4S/c15-14(16,17)12(19-11(22)10-2-1-7-25-10)20-13(26)18-8-3-5-9(6-4-8)21(23)24/h1-7,12H,(H,19,22)(H2,18,20,26)/t12-/m1/s1. The molecule has 0 saturated carbocycles. The number of nitrogens with zero attached hydrogens (tertiary/aromatic N) is 1. The van der Waals surface area contributed by atoms with Crippen LogP contribution in [0.3, 0.4) is 0 Å². The van der Waals surface area contributed by atoms with E-state index in [2.05, 4.69) is 16.0 Å². The fraction of sp³-hybridized carbons (Fsp3) is 0.143. The number of nitro groups is 1. The summed E-state index contributed by atoms with van der Waals surface area (Å²) in [6, 6.07) is 8.49. The van der Waals surface area contributed by atoms with Crippen LogP contribution in [0.1, 0.15) is 10.6 Å². The molecule has 0 fully saturated rings. The molecule has 1 atom stereocenters. The molecule has 0 aliphatic rings. The van der Waals surface area contributed by atoms with Crippen molar-refractivity contribution in [2.24, 2.45) is 0 Å². The SMILES string of the molecule is O=C(N[C@H](NC(=S)Nc1ccc([N+](=O)[O-])cc1)C(Cl)(Cl)Cl)c1ccco1. The number of carbonyl (C=O) groups excluding carboxylic acids is 1. The van der Waals surface area contributed by atoms with E-state index < -0.39 is 20.8 Å². The number of nitrogens with one attached hydrogen (secondary N) is 3. The predicted molar refractivity (Wildman–Crippen MR) is 103 cm³/mol. The van der Waals surface area contributed by atoms with E-state index in [-0.39, 0.29) is 16.6 Å². The van der Waals surface area contributed by atoms with Gasteiger partial charge in [0.05, 0.1) is 11.2 Å². The Labute approximate surface area is 167 Å². The summed E-state index contributed by atoms with van der Waals surface area (Å²) >= 11 is 22.7. The van der Waals surface area contributed by atoms with Gasteiger partial charge in [0.25, 0.3) is 11.6 Å². The van der Waals surface area contributed by atoms with Gasteiger partial charge in [-0.05, 0) is 36.5 Å². The molecule has 1 heterocycles. The van der Waals surface area contributed by atoms with E-state index in [9.17, 15) is 14.9 Å². The van der Waals surface area contributed by atoms with Crippen LogP contribution in [-0.4, -0.2) is 25.9 Å². The highest BCUT2D eigenvalue weighted by atomic mass is 35.6. The number of non-ortho nitro benzene ring substituents is 1. The highest BCUT2D eigenvalue weighted by Crippen LogP contribution is 2.29. The summed E-state index contributed by atoms with van der Waals surface area (Å²) in [6.45, 7) is 0. The largest absolute Gasteiger partial charge is 0.459 e. The maximum atomic E-state index is 12.1. The van der Waals surface area contributed by atoms with Gasteiger partial charge in [-0.1, -0.05) is 34.8 Å². The summed E-state index contributed by atoms with van der Waals surface area (Å²) in [4.78, 5) is 22.2. The van der Waals surface area contributed by atoms with Crippen LogP contribution in [0.5, 0.6) is 0 Å². The maximum Gasteiger partial charge on any atom is 0.288 e. The molecule has 8 nitrogen and oxygen atoms in total. The third-order valence-electron chi connectivity index (χ3n) is 2.96. The van der Waals surface area contributed by atoms with Gasteiger partial charge in [-0.2, -0.15) is 0 Å². The summed E-state index contributed by atoms with van der Waals surface area (Å²) in [5.74, 6) is -0.586. The van der Waals surface area contributed by atoms with E-state index in [1.807, 2.05) is 0 Å². The molecule has 1 aromatic carbocycles. The molecule has 138 valence electrons. The van der Waals surface area contributed by atoms with Crippen molar-refractivity contribution in [3.05, 3.63) is 58.5 Å². The number of amides is 1. The summed E-state index contributed by atoms with van der Waals surface area (Å²) in [5, 5.41) is 18.5. The Morgan fingerprint density at radius 1 is 1.19 bits per heavy atom. The number of rotatable bonds is 5. The summed E-state index contributed by atoms with van der Waals surface area (Å²) < 4.78 is 3.04. The van der Waals surface area contributed by atoms with Gasteiger partial charge in [-0.15, -0.1) is 0 Å². The zero-order chi connectivity index (χ0) is 19.3.